The zero-order chi connectivity index (χ0) is 15.9. The minimum absolute atomic E-state index is 0.0412. The summed E-state index contributed by atoms with van der Waals surface area (Å²) in [4.78, 5) is 22.8. The van der Waals surface area contributed by atoms with E-state index < -0.39 is 9.85 Å². The van der Waals surface area contributed by atoms with Gasteiger partial charge in [0.15, 0.2) is 0 Å². The molecule has 0 saturated carbocycles. The molecule has 0 amide bonds. The largest absolute Gasteiger partial charge is 0.338 e. The first-order valence-corrected chi connectivity index (χ1v) is 6.78. The van der Waals surface area contributed by atoms with Crippen molar-refractivity contribution in [1.82, 2.24) is 0 Å². The summed E-state index contributed by atoms with van der Waals surface area (Å²) in [5.41, 5.74) is 2.79. The van der Waals surface area contributed by atoms with Gasteiger partial charge in [0.1, 0.15) is 0 Å². The number of anilines is 2. The van der Waals surface area contributed by atoms with Crippen molar-refractivity contribution in [2.75, 3.05) is 4.90 Å². The third kappa shape index (κ3) is 2.26. The fraction of sp³-hybridized carbons (Fsp3) is 0.200. The molecule has 3 rings (SSSR count). The van der Waals surface area contributed by atoms with Crippen LogP contribution >= 0.6 is 0 Å². The molecule has 1 aliphatic heterocycles. The van der Waals surface area contributed by atoms with Crippen LogP contribution in [0, 0.1) is 20.2 Å². The van der Waals surface area contributed by atoms with E-state index in [0.717, 1.165) is 16.9 Å². The highest BCUT2D eigenvalue weighted by Crippen LogP contribution is 2.40. The molecule has 1 heterocycles. The van der Waals surface area contributed by atoms with Crippen LogP contribution in [-0.4, -0.2) is 15.9 Å². The van der Waals surface area contributed by atoms with E-state index in [1.54, 1.807) is 24.3 Å². The van der Waals surface area contributed by atoms with Crippen LogP contribution in [0.5, 0.6) is 0 Å². The fourth-order valence-corrected chi connectivity index (χ4v) is 2.86. The Morgan fingerprint density at radius 3 is 2.18 bits per heavy atom. The highest BCUT2D eigenvalue weighted by Gasteiger charge is 2.29. The lowest BCUT2D eigenvalue weighted by atomic mass is 10.1. The highest BCUT2D eigenvalue weighted by molar-refractivity contribution is 5.73. The summed E-state index contributed by atoms with van der Waals surface area (Å²) >= 11 is 0. The van der Waals surface area contributed by atoms with Crippen LogP contribution in [0.4, 0.5) is 22.7 Å². The average Bonchev–Trinajstić information content (AvgIpc) is 2.82. The summed E-state index contributed by atoms with van der Waals surface area (Å²) in [7, 11) is 0. The van der Waals surface area contributed by atoms with Crippen LogP contribution < -0.4 is 4.90 Å². The molecule has 2 aromatic rings. The molecule has 1 unspecified atom stereocenters. The van der Waals surface area contributed by atoms with Gasteiger partial charge in [0, 0.05) is 41.7 Å². The predicted molar refractivity (Wildman–Crippen MR) is 81.5 cm³/mol. The van der Waals surface area contributed by atoms with Crippen LogP contribution in [0.15, 0.2) is 42.5 Å². The van der Waals surface area contributed by atoms with Crippen molar-refractivity contribution in [2.24, 2.45) is 0 Å². The van der Waals surface area contributed by atoms with E-state index in [-0.39, 0.29) is 17.4 Å². The molecule has 0 aromatic heterocycles. The number of fused-ring (bicyclic) bond motifs is 1. The van der Waals surface area contributed by atoms with E-state index in [1.807, 2.05) is 11.8 Å². The van der Waals surface area contributed by atoms with Gasteiger partial charge in [0.2, 0.25) is 0 Å². The molecule has 7 heteroatoms. The number of hydrogen-bond donors (Lipinski definition) is 0. The van der Waals surface area contributed by atoms with Crippen molar-refractivity contribution in [3.63, 3.8) is 0 Å². The van der Waals surface area contributed by atoms with Gasteiger partial charge in [-0.05, 0) is 37.1 Å². The van der Waals surface area contributed by atoms with Crippen molar-refractivity contribution in [3.05, 3.63) is 68.3 Å². The third-order valence-corrected chi connectivity index (χ3v) is 3.83. The van der Waals surface area contributed by atoms with Crippen LogP contribution in [0.3, 0.4) is 0 Å². The summed E-state index contributed by atoms with van der Waals surface area (Å²) in [6.45, 7) is 2.02. The molecule has 0 bridgehead atoms. The Hall–Kier alpha value is -2.96. The Bertz CT molecular complexity index is 758. The number of nitro benzene ring substituents is 2. The molecule has 1 aliphatic rings. The number of rotatable bonds is 3. The van der Waals surface area contributed by atoms with Crippen molar-refractivity contribution < 1.29 is 9.85 Å². The van der Waals surface area contributed by atoms with Crippen molar-refractivity contribution in [1.29, 1.82) is 0 Å². The van der Waals surface area contributed by atoms with Crippen LogP contribution in [0.25, 0.3) is 0 Å². The maximum Gasteiger partial charge on any atom is 0.269 e. The van der Waals surface area contributed by atoms with Crippen molar-refractivity contribution >= 4 is 22.7 Å². The van der Waals surface area contributed by atoms with E-state index >= 15 is 0 Å². The van der Waals surface area contributed by atoms with E-state index in [4.69, 9.17) is 0 Å². The van der Waals surface area contributed by atoms with Crippen LogP contribution in [-0.2, 0) is 6.42 Å². The molecule has 0 radical (unpaired) electrons. The smallest absolute Gasteiger partial charge is 0.269 e. The molecule has 22 heavy (non-hydrogen) atoms. The molecule has 0 N–H and O–H groups in total. The number of hydrogen-bond acceptors (Lipinski definition) is 5. The molecule has 0 saturated heterocycles. The molecular formula is C15H13N3O4. The highest BCUT2D eigenvalue weighted by atomic mass is 16.6. The van der Waals surface area contributed by atoms with Gasteiger partial charge >= 0.3 is 0 Å². The maximum absolute atomic E-state index is 10.9. The summed E-state index contributed by atoms with van der Waals surface area (Å²) < 4.78 is 0. The maximum atomic E-state index is 10.9. The summed E-state index contributed by atoms with van der Waals surface area (Å²) in [6, 6.07) is 11.3. The van der Waals surface area contributed by atoms with Crippen molar-refractivity contribution in [3.8, 4) is 0 Å². The monoisotopic (exact) mass is 299 g/mol. The average molecular weight is 299 g/mol. The van der Waals surface area contributed by atoms with Gasteiger partial charge in [-0.3, -0.25) is 20.2 Å². The van der Waals surface area contributed by atoms with Gasteiger partial charge in [-0.2, -0.15) is 0 Å². The van der Waals surface area contributed by atoms with E-state index in [2.05, 4.69) is 0 Å². The minimum Gasteiger partial charge on any atom is -0.338 e. The molecule has 2 aromatic carbocycles. The topological polar surface area (TPSA) is 89.5 Å². The van der Waals surface area contributed by atoms with Crippen LogP contribution in [0.1, 0.15) is 12.5 Å². The number of nitro groups is 2. The zero-order valence-corrected chi connectivity index (χ0v) is 11.8. The first kappa shape index (κ1) is 14.0. The zero-order valence-electron chi connectivity index (χ0n) is 11.8. The molecule has 7 nitrogen and oxygen atoms in total. The number of non-ortho nitro benzene ring substituents is 2. The van der Waals surface area contributed by atoms with Gasteiger partial charge < -0.3 is 4.90 Å². The first-order valence-electron chi connectivity index (χ1n) is 6.78. The van der Waals surface area contributed by atoms with Gasteiger partial charge in [-0.15, -0.1) is 0 Å². The van der Waals surface area contributed by atoms with E-state index in [9.17, 15) is 20.2 Å². The SMILES string of the molecule is CC1Cc2cc([N+](=O)[O-])ccc2N1c1ccc([N+](=O)[O-])cc1. The van der Waals surface area contributed by atoms with Gasteiger partial charge in [0.25, 0.3) is 11.4 Å². The minimum atomic E-state index is -0.436. The number of benzene rings is 2. The Balaban J connectivity index is 1.99. The Kier molecular flexibility index (Phi) is 3.25. The molecule has 0 spiro atoms. The predicted octanol–water partition coefficient (Wildman–Crippen LogP) is 3.59. The Morgan fingerprint density at radius 1 is 1.00 bits per heavy atom. The molecule has 0 aliphatic carbocycles. The summed E-state index contributed by atoms with van der Waals surface area (Å²) in [5, 5.41) is 21.6. The Labute approximate surface area is 126 Å². The third-order valence-electron chi connectivity index (χ3n) is 3.83. The lowest BCUT2D eigenvalue weighted by molar-refractivity contribution is -0.385. The quantitative estimate of drug-likeness (QED) is 0.638. The molecule has 112 valence electrons. The second kappa shape index (κ2) is 5.10. The molecular weight excluding hydrogens is 286 g/mol. The van der Waals surface area contributed by atoms with Gasteiger partial charge in [-0.1, -0.05) is 0 Å². The normalized spacial score (nSPS) is 16.4. The Morgan fingerprint density at radius 2 is 1.59 bits per heavy atom. The van der Waals surface area contributed by atoms with E-state index in [0.29, 0.717) is 6.42 Å². The first-order chi connectivity index (χ1) is 10.5. The van der Waals surface area contributed by atoms with Gasteiger partial charge in [0.05, 0.1) is 9.85 Å². The van der Waals surface area contributed by atoms with Crippen molar-refractivity contribution in [2.45, 2.75) is 19.4 Å². The second-order valence-electron chi connectivity index (χ2n) is 5.27. The fourth-order valence-electron chi connectivity index (χ4n) is 2.86. The molecule has 1 atom stereocenters. The molecule has 0 fully saturated rings. The lowest BCUT2D eigenvalue weighted by Gasteiger charge is -2.24. The lowest BCUT2D eigenvalue weighted by Crippen LogP contribution is -2.23. The summed E-state index contributed by atoms with van der Waals surface area (Å²) in [6.07, 6.45) is 0.702. The standard InChI is InChI=1S/C15H13N3O4/c1-10-8-11-9-14(18(21)22)6-7-15(11)16(10)12-2-4-13(5-3-12)17(19)20/h2-7,9-10H,8H2,1H3. The van der Waals surface area contributed by atoms with Gasteiger partial charge in [-0.25, -0.2) is 0 Å². The van der Waals surface area contributed by atoms with Crippen LogP contribution in [0.2, 0.25) is 0 Å². The van der Waals surface area contributed by atoms with E-state index in [1.165, 1.54) is 18.2 Å². The number of nitrogens with zero attached hydrogens (tertiary/aromatic N) is 3. The second-order valence-corrected chi connectivity index (χ2v) is 5.27. The summed E-state index contributed by atoms with van der Waals surface area (Å²) in [5.74, 6) is 0.